The zero-order valence-corrected chi connectivity index (χ0v) is 15.7. The minimum Gasteiger partial charge on any atom is -0.352 e. The molecule has 1 saturated heterocycles. The van der Waals surface area contributed by atoms with E-state index in [1.165, 1.54) is 17.0 Å². The molecule has 25 heavy (non-hydrogen) atoms. The Morgan fingerprint density at radius 3 is 2.24 bits per heavy atom. The Morgan fingerprint density at radius 2 is 1.72 bits per heavy atom. The third kappa shape index (κ3) is 4.72. The average molecular weight is 367 g/mol. The van der Waals surface area contributed by atoms with Crippen LogP contribution < -0.4 is 5.32 Å². The number of amides is 3. The zero-order valence-electron chi connectivity index (χ0n) is 14.9. The highest BCUT2D eigenvalue weighted by atomic mass is 32.2. The SMILES string of the molecule is Cc1ccc(S(=O)(=O)N(CC(=O)NC(C)C)C(=O)N2CCCC2)cc1. The third-order valence-corrected chi connectivity index (χ3v) is 5.67. The zero-order chi connectivity index (χ0) is 18.6. The number of hydrogen-bond donors (Lipinski definition) is 1. The topological polar surface area (TPSA) is 86.8 Å². The monoisotopic (exact) mass is 367 g/mol. The molecule has 1 heterocycles. The van der Waals surface area contributed by atoms with Gasteiger partial charge in [0.2, 0.25) is 5.91 Å². The van der Waals surface area contributed by atoms with Gasteiger partial charge in [-0.15, -0.1) is 0 Å². The first kappa shape index (κ1) is 19.2. The van der Waals surface area contributed by atoms with Crippen molar-refractivity contribution in [2.24, 2.45) is 0 Å². The minimum atomic E-state index is -4.10. The number of sulfonamides is 1. The fraction of sp³-hybridized carbons (Fsp3) is 0.529. The van der Waals surface area contributed by atoms with Gasteiger partial charge in [0.25, 0.3) is 10.0 Å². The first-order valence-corrected chi connectivity index (χ1v) is 9.83. The van der Waals surface area contributed by atoms with Crippen molar-refractivity contribution >= 4 is 22.0 Å². The van der Waals surface area contributed by atoms with E-state index in [2.05, 4.69) is 5.32 Å². The number of rotatable bonds is 5. The van der Waals surface area contributed by atoms with Crippen molar-refractivity contribution < 1.29 is 18.0 Å². The van der Waals surface area contributed by atoms with Crippen LogP contribution in [0, 0.1) is 6.92 Å². The second-order valence-corrected chi connectivity index (χ2v) is 8.39. The van der Waals surface area contributed by atoms with Crippen LogP contribution in [0.4, 0.5) is 4.79 Å². The molecule has 8 heteroatoms. The molecular formula is C17H25N3O4S. The van der Waals surface area contributed by atoms with Gasteiger partial charge in [-0.2, -0.15) is 0 Å². The maximum Gasteiger partial charge on any atom is 0.334 e. The summed E-state index contributed by atoms with van der Waals surface area (Å²) in [5.74, 6) is -0.502. The summed E-state index contributed by atoms with van der Waals surface area (Å²) in [6.45, 7) is 5.89. The molecule has 0 unspecified atom stereocenters. The van der Waals surface area contributed by atoms with E-state index in [9.17, 15) is 18.0 Å². The Bertz CT molecular complexity index is 723. The fourth-order valence-corrected chi connectivity index (χ4v) is 4.00. The van der Waals surface area contributed by atoms with Crippen molar-refractivity contribution in [1.82, 2.24) is 14.5 Å². The summed E-state index contributed by atoms with van der Waals surface area (Å²) >= 11 is 0. The summed E-state index contributed by atoms with van der Waals surface area (Å²) < 4.78 is 26.6. The lowest BCUT2D eigenvalue weighted by molar-refractivity contribution is -0.121. The number of carbonyl (C=O) groups is 2. The Hall–Kier alpha value is -2.09. The van der Waals surface area contributed by atoms with Gasteiger partial charge in [0.15, 0.2) is 0 Å². The summed E-state index contributed by atoms with van der Waals surface area (Å²) in [5, 5.41) is 2.64. The van der Waals surface area contributed by atoms with E-state index in [0.29, 0.717) is 17.4 Å². The van der Waals surface area contributed by atoms with Crippen molar-refractivity contribution in [1.29, 1.82) is 0 Å². The number of likely N-dealkylation sites (tertiary alicyclic amines) is 1. The average Bonchev–Trinajstić information content (AvgIpc) is 3.06. The van der Waals surface area contributed by atoms with E-state index in [4.69, 9.17) is 0 Å². The van der Waals surface area contributed by atoms with Gasteiger partial charge in [-0.05, 0) is 45.7 Å². The van der Waals surface area contributed by atoms with E-state index in [1.807, 2.05) is 6.92 Å². The molecule has 0 radical (unpaired) electrons. The second kappa shape index (κ2) is 7.86. The Labute approximate surface area is 149 Å². The van der Waals surface area contributed by atoms with Crippen LogP contribution in [0.5, 0.6) is 0 Å². The minimum absolute atomic E-state index is 0.00277. The van der Waals surface area contributed by atoms with Gasteiger partial charge >= 0.3 is 6.03 Å². The van der Waals surface area contributed by atoms with E-state index in [1.54, 1.807) is 26.0 Å². The predicted octanol–water partition coefficient (Wildman–Crippen LogP) is 1.73. The molecule has 1 aromatic rings. The van der Waals surface area contributed by atoms with Gasteiger partial charge in [0.05, 0.1) is 4.90 Å². The highest BCUT2D eigenvalue weighted by Crippen LogP contribution is 2.20. The summed E-state index contributed by atoms with van der Waals surface area (Å²) in [4.78, 5) is 26.4. The first-order chi connectivity index (χ1) is 11.7. The molecule has 138 valence electrons. The second-order valence-electron chi connectivity index (χ2n) is 6.52. The summed E-state index contributed by atoms with van der Waals surface area (Å²) in [5.41, 5.74) is 0.911. The molecule has 2 rings (SSSR count). The van der Waals surface area contributed by atoms with Crippen LogP contribution in [0.1, 0.15) is 32.3 Å². The highest BCUT2D eigenvalue weighted by Gasteiger charge is 2.35. The predicted molar refractivity (Wildman–Crippen MR) is 94.6 cm³/mol. The molecule has 7 nitrogen and oxygen atoms in total. The maximum atomic E-state index is 13.0. The normalized spacial score (nSPS) is 14.6. The van der Waals surface area contributed by atoms with Crippen LogP contribution in [0.2, 0.25) is 0 Å². The first-order valence-electron chi connectivity index (χ1n) is 8.39. The summed E-state index contributed by atoms with van der Waals surface area (Å²) in [6, 6.07) is 5.46. The summed E-state index contributed by atoms with van der Waals surface area (Å²) in [6.07, 6.45) is 1.67. The van der Waals surface area contributed by atoms with Gasteiger partial charge in [-0.25, -0.2) is 17.5 Å². The fourth-order valence-electron chi connectivity index (χ4n) is 2.66. The molecule has 1 aliphatic rings. The number of nitrogens with zero attached hydrogens (tertiary/aromatic N) is 2. The molecule has 0 spiro atoms. The Kier molecular flexibility index (Phi) is 6.05. The van der Waals surface area contributed by atoms with Crippen molar-refractivity contribution in [3.8, 4) is 0 Å². The molecule has 1 N–H and O–H groups in total. The van der Waals surface area contributed by atoms with E-state index >= 15 is 0 Å². The van der Waals surface area contributed by atoms with Gasteiger partial charge < -0.3 is 10.2 Å². The van der Waals surface area contributed by atoms with Gasteiger partial charge in [0.1, 0.15) is 6.54 Å². The van der Waals surface area contributed by atoms with E-state index < -0.39 is 28.5 Å². The molecule has 1 aromatic carbocycles. The van der Waals surface area contributed by atoms with Gasteiger partial charge in [-0.1, -0.05) is 17.7 Å². The van der Waals surface area contributed by atoms with Crippen molar-refractivity contribution in [3.63, 3.8) is 0 Å². The number of urea groups is 1. The van der Waals surface area contributed by atoms with Crippen LogP contribution in [0.25, 0.3) is 0 Å². The lowest BCUT2D eigenvalue weighted by Gasteiger charge is -2.27. The molecule has 0 atom stereocenters. The van der Waals surface area contributed by atoms with Crippen molar-refractivity contribution in [3.05, 3.63) is 29.8 Å². The van der Waals surface area contributed by atoms with Gasteiger partial charge in [0, 0.05) is 19.1 Å². The van der Waals surface area contributed by atoms with E-state index in [-0.39, 0.29) is 10.9 Å². The maximum absolute atomic E-state index is 13.0. The number of aryl methyl sites for hydroxylation is 1. The van der Waals surface area contributed by atoms with Crippen LogP contribution in [0.15, 0.2) is 29.2 Å². The lowest BCUT2D eigenvalue weighted by Crippen LogP contribution is -2.50. The van der Waals surface area contributed by atoms with Crippen molar-refractivity contribution in [2.45, 2.75) is 44.6 Å². The Morgan fingerprint density at radius 1 is 1.16 bits per heavy atom. The quantitative estimate of drug-likeness (QED) is 0.859. The Balaban J connectivity index is 2.33. The van der Waals surface area contributed by atoms with Crippen molar-refractivity contribution in [2.75, 3.05) is 19.6 Å². The molecular weight excluding hydrogens is 342 g/mol. The van der Waals surface area contributed by atoms with Crippen LogP contribution >= 0.6 is 0 Å². The smallest absolute Gasteiger partial charge is 0.334 e. The lowest BCUT2D eigenvalue weighted by atomic mass is 10.2. The number of carbonyl (C=O) groups excluding carboxylic acids is 2. The summed E-state index contributed by atoms with van der Waals surface area (Å²) in [7, 11) is -4.10. The number of hydrogen-bond acceptors (Lipinski definition) is 4. The molecule has 3 amide bonds. The molecule has 0 saturated carbocycles. The van der Waals surface area contributed by atoms with Crippen LogP contribution in [-0.2, 0) is 14.8 Å². The largest absolute Gasteiger partial charge is 0.352 e. The molecule has 1 aliphatic heterocycles. The van der Waals surface area contributed by atoms with Gasteiger partial charge in [-0.3, -0.25) is 4.79 Å². The molecule has 1 fully saturated rings. The molecule has 0 bridgehead atoms. The van der Waals surface area contributed by atoms with Crippen LogP contribution in [0.3, 0.4) is 0 Å². The molecule has 0 aliphatic carbocycles. The standard InChI is InChI=1S/C17H25N3O4S/c1-13(2)18-16(21)12-20(17(22)19-10-4-5-11-19)25(23,24)15-8-6-14(3)7-9-15/h6-9,13H,4-5,10-12H2,1-3H3,(H,18,21). The number of benzene rings is 1. The number of nitrogens with one attached hydrogen (secondary N) is 1. The third-order valence-electron chi connectivity index (χ3n) is 3.94. The van der Waals surface area contributed by atoms with E-state index in [0.717, 1.165) is 18.4 Å². The van der Waals surface area contributed by atoms with Crippen LogP contribution in [-0.4, -0.2) is 55.2 Å². The highest BCUT2D eigenvalue weighted by molar-refractivity contribution is 7.89. The molecule has 0 aromatic heterocycles.